The average Bonchev–Trinajstić information content (AvgIpc) is 3.95. The van der Waals surface area contributed by atoms with Crippen molar-refractivity contribution in [1.82, 2.24) is 38.7 Å². The third-order valence-corrected chi connectivity index (χ3v) is 12.0. The van der Waals surface area contributed by atoms with Crippen LogP contribution in [0.15, 0.2) is 12.7 Å². The second-order valence-corrected chi connectivity index (χ2v) is 32.6. The number of hydrogen-bond acceptors (Lipinski definition) is 20. The zero-order valence-electron chi connectivity index (χ0n) is 38.3. The Kier molecular flexibility index (Phi) is 16.6. The van der Waals surface area contributed by atoms with Crippen molar-refractivity contribution in [1.29, 1.82) is 0 Å². The molecule has 0 amide bonds. The van der Waals surface area contributed by atoms with Gasteiger partial charge in [0.2, 0.25) is 18.2 Å². The minimum atomic E-state index is -1.58. The number of nitrogens with zero attached hydrogens (tertiary/aromatic N) is 8. The molecule has 2 aliphatic rings. The Hall–Kier alpha value is -4.80. The number of hydrogen-bond donors (Lipinski definition) is 4. The van der Waals surface area contributed by atoms with E-state index in [1.165, 1.54) is 13.3 Å². The Labute approximate surface area is 364 Å². The standard InChI is InChI=1S/C14H30N6Si3.C13H18N6O4.C10H16O6/c1-21(2,3)18-12-11-13(20(10-15-11)23(7,8)9)17-14(16-12)19-22(4,5)6;1-6(2)12(20)22-4-8-21-3-7(23-8)19-5-16-9-10(14)17-13(15)18-11(9)19;1-6(2)10(12)14-4-8-13-5-9(16-8)15-7(3)11/h10H,1-9H3,(H2,16,17,18,19);5-8H,3-4H2,1-2H3,(H4,14,15,17,18);6,8-9H,4-5H2,1-3H3/t;7-,8-;8-,9?/m.11/s1. The zero-order valence-corrected chi connectivity index (χ0v) is 41.3. The number of nitrogens with one attached hydrogen (secondary N) is 2. The summed E-state index contributed by atoms with van der Waals surface area (Å²) >= 11 is 0. The van der Waals surface area contributed by atoms with E-state index in [2.05, 4.69) is 93.1 Å². The van der Waals surface area contributed by atoms with Crippen LogP contribution in [-0.2, 0) is 47.5 Å². The lowest BCUT2D eigenvalue weighted by Crippen LogP contribution is -2.36. The molecule has 0 saturated carbocycles. The predicted molar refractivity (Wildman–Crippen MR) is 240 cm³/mol. The topological polar surface area (TPSA) is 279 Å². The lowest BCUT2D eigenvalue weighted by molar-refractivity contribution is -0.184. The normalized spacial score (nSPS) is 19.2. The van der Waals surface area contributed by atoms with E-state index in [1.54, 1.807) is 32.3 Å². The molecule has 0 bridgehead atoms. The van der Waals surface area contributed by atoms with Gasteiger partial charge in [-0.1, -0.05) is 86.6 Å². The molecule has 25 heteroatoms. The summed E-state index contributed by atoms with van der Waals surface area (Å²) < 4.78 is 40.2. The minimum absolute atomic E-state index is 0.00871. The van der Waals surface area contributed by atoms with Gasteiger partial charge in [-0.2, -0.15) is 19.9 Å². The van der Waals surface area contributed by atoms with Crippen molar-refractivity contribution in [3.63, 3.8) is 0 Å². The van der Waals surface area contributed by atoms with E-state index in [1.807, 2.05) is 6.33 Å². The number of anilines is 4. The highest BCUT2D eigenvalue weighted by atomic mass is 28.3. The first-order valence-corrected chi connectivity index (χ1v) is 30.8. The molecule has 1 unspecified atom stereocenters. The number of nitrogen functional groups attached to an aromatic ring is 2. The third kappa shape index (κ3) is 14.7. The number of imidazole rings is 2. The third-order valence-electron chi connectivity index (χ3n) is 8.29. The summed E-state index contributed by atoms with van der Waals surface area (Å²) in [6.45, 7) is 29.2. The molecule has 6 heterocycles. The number of rotatable bonds is 13. The number of ether oxygens (including phenoxy) is 7. The van der Waals surface area contributed by atoms with Crippen molar-refractivity contribution in [2.45, 2.75) is 119 Å². The largest absolute Gasteiger partial charge is 0.460 e. The van der Waals surface area contributed by atoms with Crippen LogP contribution < -0.4 is 21.4 Å². The number of esters is 3. The van der Waals surface area contributed by atoms with Gasteiger partial charge in [-0.15, -0.1) is 0 Å². The molecular formula is C37H64N12O10Si3. The fourth-order valence-corrected chi connectivity index (χ4v) is 8.33. The maximum atomic E-state index is 11.5. The Balaban J connectivity index is 0.000000209. The molecule has 0 aromatic carbocycles. The van der Waals surface area contributed by atoms with Gasteiger partial charge in [0.15, 0.2) is 50.0 Å². The van der Waals surface area contributed by atoms with Crippen LogP contribution in [0.3, 0.4) is 0 Å². The molecule has 2 aliphatic heterocycles. The smallest absolute Gasteiger partial charge is 0.308 e. The SMILES string of the molecule is CC(=O)OC1CO[C@@H](COC(=O)C(C)C)O1.CC(C)C(=O)OC[C@@H]1OC[C@H](n2cnc3c(N)nc(N)nc32)O1.C[Si](C)(C)Nc1nc(N[Si](C)(C)C)c2ncn([Si](C)(C)C)c2n1. The minimum Gasteiger partial charge on any atom is -0.460 e. The number of carbonyl (C=O) groups is 3. The van der Waals surface area contributed by atoms with Crippen molar-refractivity contribution in [2.24, 2.45) is 11.8 Å². The van der Waals surface area contributed by atoms with Gasteiger partial charge in [0.25, 0.3) is 0 Å². The summed E-state index contributed by atoms with van der Waals surface area (Å²) in [5.41, 5.74) is 14.1. The number of fused-ring (bicyclic) bond motifs is 2. The molecule has 62 heavy (non-hydrogen) atoms. The fourth-order valence-electron chi connectivity index (χ4n) is 5.47. The summed E-state index contributed by atoms with van der Waals surface area (Å²) in [7, 11) is -4.63. The van der Waals surface area contributed by atoms with E-state index >= 15 is 0 Å². The van der Waals surface area contributed by atoms with Gasteiger partial charge < -0.3 is 58.8 Å². The van der Waals surface area contributed by atoms with E-state index in [9.17, 15) is 14.4 Å². The van der Waals surface area contributed by atoms with Gasteiger partial charge in [-0.3, -0.25) is 19.0 Å². The van der Waals surface area contributed by atoms with Crippen molar-refractivity contribution in [2.75, 3.05) is 47.9 Å². The van der Waals surface area contributed by atoms with Gasteiger partial charge in [0.05, 0.1) is 31.1 Å². The summed E-state index contributed by atoms with van der Waals surface area (Å²) in [5.74, 6) is 0.395. The van der Waals surface area contributed by atoms with Gasteiger partial charge >= 0.3 is 17.9 Å². The molecule has 0 spiro atoms. The number of aromatic nitrogens is 8. The lowest BCUT2D eigenvalue weighted by Gasteiger charge is -2.23. The van der Waals surface area contributed by atoms with E-state index in [0.29, 0.717) is 11.2 Å². The molecule has 0 radical (unpaired) electrons. The van der Waals surface area contributed by atoms with Crippen molar-refractivity contribution in [3.05, 3.63) is 12.7 Å². The Bertz CT molecular complexity index is 2170. The molecular weight excluding hydrogens is 857 g/mol. The monoisotopic (exact) mass is 920 g/mol. The Morgan fingerprint density at radius 2 is 1.32 bits per heavy atom. The first-order valence-electron chi connectivity index (χ1n) is 20.3. The zero-order chi connectivity index (χ0) is 46.3. The van der Waals surface area contributed by atoms with Crippen LogP contribution in [0.5, 0.6) is 0 Å². The fraction of sp³-hybridized carbons (Fsp3) is 0.649. The van der Waals surface area contributed by atoms with Gasteiger partial charge in [0.1, 0.15) is 47.3 Å². The van der Waals surface area contributed by atoms with Crippen LogP contribution in [-0.4, -0.2) is 127 Å². The molecule has 2 saturated heterocycles. The van der Waals surface area contributed by atoms with Gasteiger partial charge in [-0.25, -0.2) is 9.97 Å². The summed E-state index contributed by atoms with van der Waals surface area (Å²) in [5, 5.41) is 0. The van der Waals surface area contributed by atoms with Gasteiger partial charge in [-0.05, 0) is 0 Å². The summed E-state index contributed by atoms with van der Waals surface area (Å²) in [6.07, 6.45) is 0.991. The van der Waals surface area contributed by atoms with E-state index in [-0.39, 0.29) is 62.0 Å². The first-order chi connectivity index (χ1) is 28.7. The molecule has 344 valence electrons. The highest BCUT2D eigenvalue weighted by Gasteiger charge is 2.32. The molecule has 4 aromatic rings. The first kappa shape index (κ1) is 49.9. The highest BCUT2D eigenvalue weighted by Crippen LogP contribution is 2.28. The molecule has 22 nitrogen and oxygen atoms in total. The lowest BCUT2D eigenvalue weighted by atomic mass is 10.2. The van der Waals surface area contributed by atoms with Crippen molar-refractivity contribution in [3.8, 4) is 0 Å². The predicted octanol–water partition coefficient (Wildman–Crippen LogP) is 4.51. The number of carbonyl (C=O) groups excluding carboxylic acids is 3. The molecule has 6 rings (SSSR count). The molecule has 6 N–H and O–H groups in total. The highest BCUT2D eigenvalue weighted by molar-refractivity contribution is 6.80. The molecule has 4 aromatic heterocycles. The Morgan fingerprint density at radius 3 is 1.87 bits per heavy atom. The van der Waals surface area contributed by atoms with Crippen LogP contribution in [0.4, 0.5) is 23.5 Å². The van der Waals surface area contributed by atoms with Crippen molar-refractivity contribution < 1.29 is 47.5 Å². The van der Waals surface area contributed by atoms with Crippen molar-refractivity contribution >= 4 is 88.5 Å². The van der Waals surface area contributed by atoms with E-state index in [0.717, 1.165) is 22.9 Å². The second-order valence-electron chi connectivity index (χ2n) is 18.3. The average molecular weight is 921 g/mol. The molecule has 0 aliphatic carbocycles. The van der Waals surface area contributed by atoms with E-state index < -0.39 is 55.8 Å². The number of nitrogens with two attached hydrogens (primary N) is 2. The molecule has 2 fully saturated rings. The van der Waals surface area contributed by atoms with Crippen LogP contribution >= 0.6 is 0 Å². The Morgan fingerprint density at radius 1 is 0.758 bits per heavy atom. The summed E-state index contributed by atoms with van der Waals surface area (Å²) in [4.78, 5) is 66.7. The van der Waals surface area contributed by atoms with Crippen LogP contribution in [0.2, 0.25) is 58.9 Å². The van der Waals surface area contributed by atoms with Crippen LogP contribution in [0.1, 0.15) is 40.8 Å². The van der Waals surface area contributed by atoms with Gasteiger partial charge in [0, 0.05) is 6.92 Å². The quantitative estimate of drug-likeness (QED) is 0.0815. The van der Waals surface area contributed by atoms with Crippen LogP contribution in [0.25, 0.3) is 22.3 Å². The second kappa shape index (κ2) is 20.6. The van der Waals surface area contributed by atoms with E-state index in [4.69, 9.17) is 54.6 Å². The molecule has 4 atom stereocenters. The summed E-state index contributed by atoms with van der Waals surface area (Å²) in [6, 6.07) is 0. The van der Waals surface area contributed by atoms with Crippen LogP contribution in [0, 0.1) is 11.8 Å². The maximum Gasteiger partial charge on any atom is 0.308 e. The maximum absolute atomic E-state index is 11.5.